The van der Waals surface area contributed by atoms with Gasteiger partial charge in [-0.25, -0.2) is 4.79 Å². The number of urea groups is 1. The number of hydrogen-bond donors (Lipinski definition) is 3. The minimum Gasteiger partial charge on any atom is -0.352 e. The van der Waals surface area contributed by atoms with Crippen molar-refractivity contribution in [2.45, 2.75) is 19.9 Å². The van der Waals surface area contributed by atoms with Crippen molar-refractivity contribution in [3.63, 3.8) is 0 Å². The molecule has 4 amide bonds. The van der Waals surface area contributed by atoms with Crippen LogP contribution in [0.2, 0.25) is 0 Å². The van der Waals surface area contributed by atoms with Crippen LogP contribution in [-0.4, -0.2) is 30.4 Å². The molecule has 0 spiro atoms. The monoisotopic (exact) mass is 290 g/mol. The lowest BCUT2D eigenvalue weighted by Gasteiger charge is -2.33. The lowest BCUT2D eigenvalue weighted by Crippen LogP contribution is -2.55. The Hall–Kier alpha value is -2.57. The predicted octanol–water partition coefficient (Wildman–Crippen LogP) is 0.665. The van der Waals surface area contributed by atoms with Gasteiger partial charge in [0.25, 0.3) is 0 Å². The van der Waals surface area contributed by atoms with Crippen LogP contribution in [0.5, 0.6) is 0 Å². The molecule has 1 heterocycles. The van der Waals surface area contributed by atoms with Gasteiger partial charge in [0.15, 0.2) is 0 Å². The molecule has 0 fully saturated rings. The highest BCUT2D eigenvalue weighted by molar-refractivity contribution is 6.11. The molecule has 1 unspecified atom stereocenters. The number of nitrogens with one attached hydrogen (secondary N) is 2. The van der Waals surface area contributed by atoms with Gasteiger partial charge in [-0.05, 0) is 18.1 Å². The Morgan fingerprint density at radius 1 is 1.33 bits per heavy atom. The van der Waals surface area contributed by atoms with E-state index in [1.165, 1.54) is 4.90 Å². The predicted molar refractivity (Wildman–Crippen MR) is 78.8 cm³/mol. The molecule has 1 aliphatic rings. The van der Waals surface area contributed by atoms with Crippen LogP contribution in [0.4, 0.5) is 16.2 Å². The molecule has 0 saturated carbocycles. The summed E-state index contributed by atoms with van der Waals surface area (Å²) < 4.78 is 0. The number of carbonyl (C=O) groups excluding carboxylic acids is 3. The van der Waals surface area contributed by atoms with Crippen LogP contribution in [0.3, 0.4) is 0 Å². The summed E-state index contributed by atoms with van der Waals surface area (Å²) in [6, 6.07) is 5.47. The topological polar surface area (TPSA) is 105 Å². The van der Waals surface area contributed by atoms with Crippen molar-refractivity contribution in [3.05, 3.63) is 24.3 Å². The third kappa shape index (κ3) is 3.13. The van der Waals surface area contributed by atoms with E-state index in [1.807, 2.05) is 0 Å². The number of fused-ring (bicyclic) bond motifs is 1. The lowest BCUT2D eigenvalue weighted by atomic mass is 10.0. The first kappa shape index (κ1) is 14.8. The number of hydrogen-bond acceptors (Lipinski definition) is 3. The fraction of sp³-hybridized carbons (Fsp3) is 0.357. The molecule has 0 radical (unpaired) electrons. The molecule has 4 N–H and O–H groups in total. The van der Waals surface area contributed by atoms with Crippen LogP contribution in [0, 0.1) is 5.92 Å². The molecule has 1 aromatic rings. The van der Waals surface area contributed by atoms with E-state index in [0.717, 1.165) is 0 Å². The Morgan fingerprint density at radius 2 is 2.00 bits per heavy atom. The molecule has 21 heavy (non-hydrogen) atoms. The summed E-state index contributed by atoms with van der Waals surface area (Å²) in [5.74, 6) is -0.781. The van der Waals surface area contributed by atoms with Crippen molar-refractivity contribution in [2.24, 2.45) is 11.7 Å². The maximum atomic E-state index is 12.7. The molecule has 0 aromatic heterocycles. The van der Waals surface area contributed by atoms with Crippen molar-refractivity contribution in [3.8, 4) is 0 Å². The van der Waals surface area contributed by atoms with E-state index in [2.05, 4.69) is 10.6 Å². The lowest BCUT2D eigenvalue weighted by molar-refractivity contribution is -0.123. The number of benzene rings is 1. The maximum Gasteiger partial charge on any atom is 0.312 e. The Morgan fingerprint density at radius 3 is 2.62 bits per heavy atom. The summed E-state index contributed by atoms with van der Waals surface area (Å²) in [5.41, 5.74) is 6.30. The van der Waals surface area contributed by atoms with Gasteiger partial charge >= 0.3 is 6.03 Å². The highest BCUT2D eigenvalue weighted by Gasteiger charge is 2.33. The number of rotatable bonds is 3. The molecule has 7 nitrogen and oxygen atoms in total. The average molecular weight is 290 g/mol. The van der Waals surface area contributed by atoms with Crippen LogP contribution < -0.4 is 21.3 Å². The Labute approximate surface area is 122 Å². The number of nitrogens with two attached hydrogens (primary N) is 1. The van der Waals surface area contributed by atoms with Crippen molar-refractivity contribution < 1.29 is 14.4 Å². The smallest absolute Gasteiger partial charge is 0.312 e. The quantitative estimate of drug-likeness (QED) is 0.761. The van der Waals surface area contributed by atoms with Crippen LogP contribution in [-0.2, 0) is 9.59 Å². The second kappa shape index (κ2) is 5.82. The van der Waals surface area contributed by atoms with E-state index < -0.39 is 12.1 Å². The van der Waals surface area contributed by atoms with Crippen LogP contribution >= 0.6 is 0 Å². The van der Waals surface area contributed by atoms with Crippen molar-refractivity contribution in [2.75, 3.05) is 16.8 Å². The molecular weight excluding hydrogens is 272 g/mol. The van der Waals surface area contributed by atoms with Gasteiger partial charge in [0.05, 0.1) is 11.4 Å². The molecule has 2 rings (SSSR count). The van der Waals surface area contributed by atoms with Gasteiger partial charge in [0, 0.05) is 0 Å². The first-order chi connectivity index (χ1) is 9.90. The second-order valence-corrected chi connectivity index (χ2v) is 5.22. The third-order valence-electron chi connectivity index (χ3n) is 3.27. The molecule has 7 heteroatoms. The zero-order valence-electron chi connectivity index (χ0n) is 11.9. The minimum absolute atomic E-state index is 0.0838. The first-order valence-corrected chi connectivity index (χ1v) is 6.66. The third-order valence-corrected chi connectivity index (χ3v) is 3.27. The van der Waals surface area contributed by atoms with Crippen LogP contribution in [0.25, 0.3) is 0 Å². The molecular formula is C14H18N4O3. The molecule has 0 aliphatic carbocycles. The van der Waals surface area contributed by atoms with Crippen molar-refractivity contribution in [1.82, 2.24) is 5.32 Å². The van der Waals surface area contributed by atoms with E-state index in [-0.39, 0.29) is 24.3 Å². The SMILES string of the molecule is CC(C)C(NC(N)=O)C(=O)N1CC(=O)Nc2ccccc21. The van der Waals surface area contributed by atoms with Crippen molar-refractivity contribution in [1.29, 1.82) is 0 Å². The Kier molecular flexibility index (Phi) is 4.11. The van der Waals surface area contributed by atoms with E-state index in [1.54, 1.807) is 38.1 Å². The number of anilines is 2. The van der Waals surface area contributed by atoms with Gasteiger partial charge in [-0.3, -0.25) is 14.5 Å². The highest BCUT2D eigenvalue weighted by Crippen LogP contribution is 2.29. The normalized spacial score (nSPS) is 15.2. The van der Waals surface area contributed by atoms with Crippen LogP contribution in [0.15, 0.2) is 24.3 Å². The summed E-state index contributed by atoms with van der Waals surface area (Å²) in [6.07, 6.45) is 0. The van der Waals surface area contributed by atoms with Crippen LogP contribution in [0.1, 0.15) is 13.8 Å². The zero-order valence-corrected chi connectivity index (χ0v) is 11.9. The summed E-state index contributed by atoms with van der Waals surface area (Å²) in [7, 11) is 0. The zero-order chi connectivity index (χ0) is 15.6. The van der Waals surface area contributed by atoms with Gasteiger partial charge in [-0.15, -0.1) is 0 Å². The maximum absolute atomic E-state index is 12.7. The number of nitrogens with zero attached hydrogens (tertiary/aromatic N) is 1. The van der Waals surface area contributed by atoms with Gasteiger partial charge in [-0.1, -0.05) is 26.0 Å². The van der Waals surface area contributed by atoms with Gasteiger partial charge in [-0.2, -0.15) is 0 Å². The standard InChI is InChI=1S/C14H18N4O3/c1-8(2)12(17-14(15)21)13(20)18-7-11(19)16-9-5-3-4-6-10(9)18/h3-6,8,12H,7H2,1-2H3,(H,16,19)(H3,15,17,21). The summed E-state index contributed by atoms with van der Waals surface area (Å²) in [4.78, 5) is 36.8. The minimum atomic E-state index is -0.776. The van der Waals surface area contributed by atoms with Gasteiger partial charge in [0.2, 0.25) is 11.8 Å². The Bertz CT molecular complexity index is 585. The van der Waals surface area contributed by atoms with Gasteiger partial charge in [0.1, 0.15) is 12.6 Å². The first-order valence-electron chi connectivity index (χ1n) is 6.66. The summed E-state index contributed by atoms with van der Waals surface area (Å²) >= 11 is 0. The second-order valence-electron chi connectivity index (χ2n) is 5.22. The number of carbonyl (C=O) groups is 3. The molecule has 1 atom stereocenters. The number of amides is 4. The van der Waals surface area contributed by atoms with E-state index in [0.29, 0.717) is 11.4 Å². The largest absolute Gasteiger partial charge is 0.352 e. The summed E-state index contributed by atoms with van der Waals surface area (Å²) in [6.45, 7) is 3.52. The van der Waals surface area contributed by atoms with E-state index in [9.17, 15) is 14.4 Å². The molecule has 1 aromatic carbocycles. The van der Waals surface area contributed by atoms with E-state index in [4.69, 9.17) is 5.73 Å². The van der Waals surface area contributed by atoms with E-state index >= 15 is 0 Å². The summed E-state index contributed by atoms with van der Waals surface area (Å²) in [5, 5.41) is 5.15. The number of primary amides is 1. The molecule has 0 bridgehead atoms. The number of para-hydroxylation sites is 2. The fourth-order valence-corrected chi connectivity index (χ4v) is 2.26. The Balaban J connectivity index is 2.33. The highest BCUT2D eigenvalue weighted by atomic mass is 16.2. The molecule has 112 valence electrons. The molecule has 0 saturated heterocycles. The molecule has 1 aliphatic heterocycles. The average Bonchev–Trinajstić information content (AvgIpc) is 2.42. The van der Waals surface area contributed by atoms with Crippen molar-refractivity contribution >= 4 is 29.2 Å². The fourth-order valence-electron chi connectivity index (χ4n) is 2.26. The van der Waals surface area contributed by atoms with Gasteiger partial charge < -0.3 is 16.4 Å².